The first kappa shape index (κ1) is 14.3. The lowest BCUT2D eigenvalue weighted by atomic mass is 9.97. The van der Waals surface area contributed by atoms with Crippen LogP contribution in [-0.4, -0.2) is 72.4 Å². The van der Waals surface area contributed by atoms with Crippen molar-refractivity contribution < 1.29 is 5.11 Å². The first-order valence-electron chi connectivity index (χ1n) is 7.57. The summed E-state index contributed by atoms with van der Waals surface area (Å²) in [5.41, 5.74) is 0. The Morgan fingerprint density at radius 2 is 2.17 bits per heavy atom. The van der Waals surface area contributed by atoms with E-state index in [1.165, 1.54) is 32.4 Å². The number of nitrogens with one attached hydrogen (secondary N) is 1. The fourth-order valence-corrected chi connectivity index (χ4v) is 3.31. The van der Waals surface area contributed by atoms with Crippen LogP contribution in [0.4, 0.5) is 0 Å². The Balaban J connectivity index is 1.81. The number of piperidine rings is 1. The number of likely N-dealkylation sites (N-methyl/N-ethyl adjacent to an activating group) is 1. The highest BCUT2D eigenvalue weighted by Gasteiger charge is 2.33. The second-order valence-electron chi connectivity index (χ2n) is 5.91. The Kier molecular flexibility index (Phi) is 5.42. The summed E-state index contributed by atoms with van der Waals surface area (Å²) in [6, 6.07) is 1.32. The molecule has 2 aliphatic heterocycles. The van der Waals surface area contributed by atoms with Crippen molar-refractivity contribution in [3.63, 3.8) is 0 Å². The molecule has 2 fully saturated rings. The average Bonchev–Trinajstić information content (AvgIpc) is 2.37. The van der Waals surface area contributed by atoms with Crippen LogP contribution in [0.25, 0.3) is 0 Å². The normalized spacial score (nSPS) is 32.2. The van der Waals surface area contributed by atoms with E-state index in [-0.39, 0.29) is 6.10 Å². The predicted octanol–water partition coefficient (Wildman–Crippen LogP) is 0.515. The van der Waals surface area contributed by atoms with E-state index in [9.17, 15) is 5.11 Å². The van der Waals surface area contributed by atoms with Gasteiger partial charge in [-0.2, -0.15) is 0 Å². The zero-order valence-corrected chi connectivity index (χ0v) is 11.9. The summed E-state index contributed by atoms with van der Waals surface area (Å²) >= 11 is 0. The number of hydrogen-bond acceptors (Lipinski definition) is 4. The van der Waals surface area contributed by atoms with Crippen LogP contribution in [0, 0.1) is 0 Å². The van der Waals surface area contributed by atoms with Gasteiger partial charge in [-0.25, -0.2) is 0 Å². The molecule has 0 saturated carbocycles. The molecule has 4 heteroatoms. The van der Waals surface area contributed by atoms with Crippen LogP contribution in [0.2, 0.25) is 0 Å². The fourth-order valence-electron chi connectivity index (χ4n) is 3.31. The summed E-state index contributed by atoms with van der Waals surface area (Å²) in [6.45, 7) is 10.4. The largest absolute Gasteiger partial charge is 0.390 e. The van der Waals surface area contributed by atoms with Crippen molar-refractivity contribution in [2.75, 3.05) is 39.3 Å². The van der Waals surface area contributed by atoms with Crippen molar-refractivity contribution in [1.82, 2.24) is 15.1 Å². The first-order valence-corrected chi connectivity index (χ1v) is 7.57. The number of β-amino-alcohol motifs (C(OH)–C–C–N with tert-alkyl or cyclic N) is 1. The van der Waals surface area contributed by atoms with Gasteiger partial charge in [0, 0.05) is 38.3 Å². The molecule has 0 radical (unpaired) electrons. The van der Waals surface area contributed by atoms with E-state index < -0.39 is 0 Å². The van der Waals surface area contributed by atoms with Gasteiger partial charge < -0.3 is 10.4 Å². The van der Waals surface area contributed by atoms with E-state index >= 15 is 0 Å². The lowest BCUT2D eigenvalue weighted by Gasteiger charge is -2.48. The van der Waals surface area contributed by atoms with Gasteiger partial charge in [-0.15, -0.1) is 0 Å². The average molecular weight is 255 g/mol. The standard InChI is InChI=1S/C14H29N3O/c1-3-15-8-14(18)11-17-10-13-6-4-5-7-16(13)9-12(17)2/h12-15,18H,3-11H2,1-2H3. The van der Waals surface area contributed by atoms with Crippen molar-refractivity contribution >= 4 is 0 Å². The van der Waals surface area contributed by atoms with Crippen molar-refractivity contribution in [3.8, 4) is 0 Å². The molecule has 3 unspecified atom stereocenters. The topological polar surface area (TPSA) is 38.7 Å². The Labute approximate surface area is 111 Å². The van der Waals surface area contributed by atoms with E-state index in [0.717, 1.165) is 25.7 Å². The van der Waals surface area contributed by atoms with E-state index in [1.54, 1.807) is 0 Å². The Morgan fingerprint density at radius 3 is 2.94 bits per heavy atom. The van der Waals surface area contributed by atoms with Crippen LogP contribution in [-0.2, 0) is 0 Å². The molecule has 0 aliphatic carbocycles. The molecule has 0 aromatic rings. The molecular weight excluding hydrogens is 226 g/mol. The maximum atomic E-state index is 10.0. The Morgan fingerprint density at radius 1 is 1.33 bits per heavy atom. The van der Waals surface area contributed by atoms with Gasteiger partial charge in [0.05, 0.1) is 6.10 Å². The molecule has 4 nitrogen and oxygen atoms in total. The lowest BCUT2D eigenvalue weighted by Crippen LogP contribution is -2.60. The van der Waals surface area contributed by atoms with Crippen molar-refractivity contribution in [2.45, 2.75) is 51.3 Å². The second-order valence-corrected chi connectivity index (χ2v) is 5.91. The van der Waals surface area contributed by atoms with Crippen LogP contribution in [0.15, 0.2) is 0 Å². The molecule has 0 aromatic carbocycles. The molecule has 2 aliphatic rings. The minimum Gasteiger partial charge on any atom is -0.390 e. The Bertz CT molecular complexity index is 249. The third-order valence-corrected chi connectivity index (χ3v) is 4.39. The molecular formula is C14H29N3O. The number of hydrogen-bond donors (Lipinski definition) is 2. The van der Waals surface area contributed by atoms with Crippen LogP contribution in [0.3, 0.4) is 0 Å². The highest BCUT2D eigenvalue weighted by Crippen LogP contribution is 2.23. The zero-order valence-electron chi connectivity index (χ0n) is 11.9. The summed E-state index contributed by atoms with van der Waals surface area (Å²) in [5, 5.41) is 13.3. The molecule has 2 heterocycles. The SMILES string of the molecule is CCNCC(O)CN1CC2CCCCN2CC1C. The van der Waals surface area contributed by atoms with Gasteiger partial charge in [0.15, 0.2) is 0 Å². The van der Waals surface area contributed by atoms with Crippen molar-refractivity contribution in [2.24, 2.45) is 0 Å². The molecule has 2 saturated heterocycles. The van der Waals surface area contributed by atoms with E-state index in [2.05, 4.69) is 29.0 Å². The number of piperazine rings is 1. The monoisotopic (exact) mass is 255 g/mol. The van der Waals surface area contributed by atoms with Crippen LogP contribution >= 0.6 is 0 Å². The fraction of sp³-hybridized carbons (Fsp3) is 1.00. The van der Waals surface area contributed by atoms with E-state index in [0.29, 0.717) is 12.6 Å². The molecule has 3 atom stereocenters. The summed E-state index contributed by atoms with van der Waals surface area (Å²) in [6.07, 6.45) is 3.85. The molecule has 2 rings (SSSR count). The van der Waals surface area contributed by atoms with Gasteiger partial charge in [0.2, 0.25) is 0 Å². The molecule has 106 valence electrons. The number of aliphatic hydroxyl groups excluding tert-OH is 1. The van der Waals surface area contributed by atoms with Gasteiger partial charge in [-0.3, -0.25) is 9.80 Å². The highest BCUT2D eigenvalue weighted by atomic mass is 16.3. The van der Waals surface area contributed by atoms with Crippen molar-refractivity contribution in [3.05, 3.63) is 0 Å². The lowest BCUT2D eigenvalue weighted by molar-refractivity contribution is -0.00671. The molecule has 18 heavy (non-hydrogen) atoms. The summed E-state index contributed by atoms with van der Waals surface area (Å²) < 4.78 is 0. The van der Waals surface area contributed by atoms with E-state index in [1.807, 2.05) is 0 Å². The van der Waals surface area contributed by atoms with Gasteiger partial charge >= 0.3 is 0 Å². The summed E-state index contributed by atoms with van der Waals surface area (Å²) in [7, 11) is 0. The Hall–Kier alpha value is -0.160. The van der Waals surface area contributed by atoms with Gasteiger partial charge in [-0.1, -0.05) is 13.3 Å². The van der Waals surface area contributed by atoms with E-state index in [4.69, 9.17) is 0 Å². The molecule has 0 aromatic heterocycles. The number of fused-ring (bicyclic) bond motifs is 1. The van der Waals surface area contributed by atoms with Crippen LogP contribution < -0.4 is 5.32 Å². The third kappa shape index (κ3) is 3.67. The maximum absolute atomic E-state index is 10.0. The number of rotatable bonds is 5. The highest BCUT2D eigenvalue weighted by molar-refractivity contribution is 4.89. The van der Waals surface area contributed by atoms with Gasteiger partial charge in [0.1, 0.15) is 0 Å². The first-order chi connectivity index (χ1) is 8.70. The maximum Gasteiger partial charge on any atom is 0.0791 e. The zero-order chi connectivity index (χ0) is 13.0. The smallest absolute Gasteiger partial charge is 0.0791 e. The minimum absolute atomic E-state index is 0.234. The predicted molar refractivity (Wildman–Crippen MR) is 74.8 cm³/mol. The second kappa shape index (κ2) is 6.85. The molecule has 2 N–H and O–H groups in total. The van der Waals surface area contributed by atoms with Gasteiger partial charge in [-0.05, 0) is 32.9 Å². The molecule has 0 bridgehead atoms. The number of nitrogens with zero attached hydrogens (tertiary/aromatic N) is 2. The summed E-state index contributed by atoms with van der Waals surface area (Å²) in [4.78, 5) is 5.13. The quantitative estimate of drug-likeness (QED) is 0.751. The molecule has 0 spiro atoms. The number of aliphatic hydroxyl groups is 1. The molecule has 0 amide bonds. The van der Waals surface area contributed by atoms with Gasteiger partial charge in [0.25, 0.3) is 0 Å². The third-order valence-electron chi connectivity index (χ3n) is 4.39. The minimum atomic E-state index is -0.234. The van der Waals surface area contributed by atoms with Crippen LogP contribution in [0.5, 0.6) is 0 Å². The van der Waals surface area contributed by atoms with Crippen molar-refractivity contribution in [1.29, 1.82) is 0 Å². The summed E-state index contributed by atoms with van der Waals surface area (Å²) in [5.74, 6) is 0. The van der Waals surface area contributed by atoms with Crippen LogP contribution in [0.1, 0.15) is 33.1 Å².